The van der Waals surface area contributed by atoms with Gasteiger partial charge in [-0.1, -0.05) is 20.8 Å². The van der Waals surface area contributed by atoms with E-state index in [1.807, 2.05) is 0 Å². The Bertz CT molecular complexity index is 245. The predicted molar refractivity (Wildman–Crippen MR) is 62.2 cm³/mol. The van der Waals surface area contributed by atoms with Gasteiger partial charge in [-0.05, 0) is 24.0 Å². The highest BCUT2D eigenvalue weighted by Gasteiger charge is 2.18. The van der Waals surface area contributed by atoms with E-state index in [4.69, 9.17) is 5.11 Å². The van der Waals surface area contributed by atoms with Crippen molar-refractivity contribution in [3.05, 3.63) is 0 Å². The molecule has 1 unspecified atom stereocenters. The Kier molecular flexibility index (Phi) is 6.48. The predicted octanol–water partition coefficient (Wildman–Crippen LogP) is 1.14. The zero-order valence-electron chi connectivity index (χ0n) is 9.99. The number of hydrogen-bond donors (Lipinski definition) is 1. The first-order chi connectivity index (χ1) is 7.22. The van der Waals surface area contributed by atoms with Crippen LogP contribution in [-0.2, 0) is 9.59 Å². The summed E-state index contributed by atoms with van der Waals surface area (Å²) < 4.78 is 0. The van der Waals surface area contributed by atoms with Gasteiger partial charge in [-0.2, -0.15) is 0 Å². The topological polar surface area (TPSA) is 77.4 Å². The van der Waals surface area contributed by atoms with Crippen LogP contribution in [-0.4, -0.2) is 28.0 Å². The monoisotopic (exact) mass is 247 g/mol. The fourth-order valence-electron chi connectivity index (χ4n) is 1.20. The number of rotatable bonds is 7. The summed E-state index contributed by atoms with van der Waals surface area (Å²) in [6.45, 7) is 6.36. The minimum absolute atomic E-state index is 0.230. The summed E-state index contributed by atoms with van der Waals surface area (Å²) >= 11 is 1.18. The van der Waals surface area contributed by atoms with Crippen LogP contribution in [0.4, 0.5) is 0 Å². The molecule has 0 fully saturated rings. The van der Waals surface area contributed by atoms with Crippen molar-refractivity contribution in [1.82, 2.24) is 0 Å². The Labute approximate surface area is 100 Å². The third-order valence-electron chi connectivity index (χ3n) is 2.02. The average Bonchev–Trinajstić information content (AvgIpc) is 2.07. The fourth-order valence-corrected chi connectivity index (χ4v) is 2.19. The largest absolute Gasteiger partial charge is 0.550 e. The molecule has 94 valence electrons. The van der Waals surface area contributed by atoms with Crippen molar-refractivity contribution in [3.63, 3.8) is 0 Å². The molecule has 0 saturated heterocycles. The van der Waals surface area contributed by atoms with Crippen LogP contribution in [0.3, 0.4) is 0 Å². The first kappa shape index (κ1) is 15.3. The molecule has 0 amide bonds. The maximum atomic E-state index is 10.7. The highest BCUT2D eigenvalue weighted by Crippen LogP contribution is 2.24. The molecular formula is C11H19O4S-. The fraction of sp³-hybridized carbons (Fsp3) is 0.818. The Morgan fingerprint density at radius 2 is 1.94 bits per heavy atom. The lowest BCUT2D eigenvalue weighted by atomic mass is 9.91. The van der Waals surface area contributed by atoms with E-state index in [0.29, 0.717) is 5.75 Å². The molecule has 0 bridgehead atoms. The first-order valence-electron chi connectivity index (χ1n) is 5.26. The number of carbonyl (C=O) groups excluding carboxylic acids is 1. The smallest absolute Gasteiger partial charge is 0.316 e. The zero-order chi connectivity index (χ0) is 12.8. The number of carboxylic acid groups (broad SMARTS) is 2. The van der Waals surface area contributed by atoms with Crippen LogP contribution in [0.15, 0.2) is 0 Å². The van der Waals surface area contributed by atoms with Crippen LogP contribution >= 0.6 is 11.8 Å². The Hall–Kier alpha value is -0.710. The maximum absolute atomic E-state index is 10.7. The lowest BCUT2D eigenvalue weighted by Gasteiger charge is -2.18. The van der Waals surface area contributed by atoms with Gasteiger partial charge >= 0.3 is 5.97 Å². The summed E-state index contributed by atoms with van der Waals surface area (Å²) in [6, 6.07) is 0. The zero-order valence-corrected chi connectivity index (χ0v) is 10.8. The standard InChI is InChI=1S/C11H20O4S/c1-11(2,3)5-4-6-16-8(10(14)15)7-9(12)13/h8H,4-7H2,1-3H3,(H,12,13)(H,14,15)/p-1. The Morgan fingerprint density at radius 3 is 2.31 bits per heavy atom. The molecular weight excluding hydrogens is 228 g/mol. The van der Waals surface area contributed by atoms with Gasteiger partial charge in [-0.25, -0.2) is 0 Å². The number of carbonyl (C=O) groups is 2. The van der Waals surface area contributed by atoms with Gasteiger partial charge in [-0.3, -0.25) is 4.79 Å². The van der Waals surface area contributed by atoms with Crippen molar-refractivity contribution in [1.29, 1.82) is 0 Å². The second-order valence-electron chi connectivity index (χ2n) is 4.94. The van der Waals surface area contributed by atoms with Crippen molar-refractivity contribution in [3.8, 4) is 0 Å². The molecule has 0 aromatic rings. The summed E-state index contributed by atoms with van der Waals surface area (Å²) in [4.78, 5) is 21.0. The molecule has 0 aromatic carbocycles. The van der Waals surface area contributed by atoms with E-state index in [1.165, 1.54) is 11.8 Å². The number of thioether (sulfide) groups is 1. The van der Waals surface area contributed by atoms with Gasteiger partial charge in [0.15, 0.2) is 0 Å². The molecule has 1 N–H and O–H groups in total. The van der Waals surface area contributed by atoms with Crippen LogP contribution < -0.4 is 5.11 Å². The molecule has 0 aromatic heterocycles. The van der Waals surface area contributed by atoms with Crippen molar-refractivity contribution in [2.75, 3.05) is 5.75 Å². The lowest BCUT2D eigenvalue weighted by Crippen LogP contribution is -2.30. The van der Waals surface area contributed by atoms with Crippen molar-refractivity contribution in [2.45, 2.75) is 45.3 Å². The van der Waals surface area contributed by atoms with E-state index in [-0.39, 0.29) is 5.41 Å². The summed E-state index contributed by atoms with van der Waals surface area (Å²) in [6.07, 6.45) is 1.47. The van der Waals surface area contributed by atoms with E-state index >= 15 is 0 Å². The van der Waals surface area contributed by atoms with Crippen LogP contribution in [0.2, 0.25) is 0 Å². The van der Waals surface area contributed by atoms with Gasteiger partial charge in [0.05, 0.1) is 0 Å². The van der Waals surface area contributed by atoms with Gasteiger partial charge in [0, 0.05) is 12.4 Å². The van der Waals surface area contributed by atoms with Crippen LogP contribution in [0, 0.1) is 5.41 Å². The number of carboxylic acids is 2. The molecule has 0 heterocycles. The van der Waals surface area contributed by atoms with Crippen molar-refractivity contribution < 1.29 is 19.8 Å². The summed E-state index contributed by atoms with van der Waals surface area (Å²) in [7, 11) is 0. The lowest BCUT2D eigenvalue weighted by molar-refractivity contribution is -0.305. The number of aliphatic carboxylic acids is 2. The Morgan fingerprint density at radius 1 is 1.38 bits per heavy atom. The molecule has 0 aliphatic rings. The van der Waals surface area contributed by atoms with Gasteiger partial charge < -0.3 is 15.0 Å². The van der Waals surface area contributed by atoms with Gasteiger partial charge in [0.2, 0.25) is 0 Å². The van der Waals surface area contributed by atoms with Gasteiger partial charge in [0.1, 0.15) is 5.25 Å². The molecule has 0 aliphatic carbocycles. The number of hydrogen-bond acceptors (Lipinski definition) is 4. The average molecular weight is 247 g/mol. The second-order valence-corrected chi connectivity index (χ2v) is 6.25. The van der Waals surface area contributed by atoms with E-state index in [2.05, 4.69) is 20.8 Å². The highest BCUT2D eigenvalue weighted by molar-refractivity contribution is 8.00. The molecule has 0 rings (SSSR count). The molecule has 0 aliphatic heterocycles. The Balaban J connectivity index is 3.86. The molecule has 1 atom stereocenters. The molecule has 4 nitrogen and oxygen atoms in total. The van der Waals surface area contributed by atoms with Crippen LogP contribution in [0.5, 0.6) is 0 Å². The van der Waals surface area contributed by atoms with E-state index < -0.39 is 23.6 Å². The molecule has 0 radical (unpaired) electrons. The van der Waals surface area contributed by atoms with E-state index in [1.54, 1.807) is 0 Å². The molecule has 5 heteroatoms. The second kappa shape index (κ2) is 6.78. The van der Waals surface area contributed by atoms with Crippen LogP contribution in [0.25, 0.3) is 0 Å². The summed E-state index contributed by atoms with van der Waals surface area (Å²) in [5.41, 5.74) is 0.230. The summed E-state index contributed by atoms with van der Waals surface area (Å²) in [5, 5.41) is 18.2. The third kappa shape index (κ3) is 8.59. The minimum Gasteiger partial charge on any atom is -0.550 e. The van der Waals surface area contributed by atoms with Crippen molar-refractivity contribution in [2.24, 2.45) is 5.41 Å². The van der Waals surface area contributed by atoms with E-state index in [0.717, 1.165) is 12.8 Å². The van der Waals surface area contributed by atoms with E-state index in [9.17, 15) is 14.7 Å². The maximum Gasteiger partial charge on any atom is 0.316 e. The minimum atomic E-state index is -1.31. The highest BCUT2D eigenvalue weighted by atomic mass is 32.2. The summed E-state index contributed by atoms with van der Waals surface area (Å²) in [5.74, 6) is -1.72. The van der Waals surface area contributed by atoms with Crippen LogP contribution in [0.1, 0.15) is 40.0 Å². The quantitative estimate of drug-likeness (QED) is 0.683. The third-order valence-corrected chi connectivity index (χ3v) is 3.31. The normalized spacial score (nSPS) is 13.4. The molecule has 0 saturated carbocycles. The molecule has 0 spiro atoms. The SMILES string of the molecule is CC(C)(C)CCCSC(CC(=O)[O-])C(=O)O. The van der Waals surface area contributed by atoms with Crippen molar-refractivity contribution >= 4 is 23.7 Å². The van der Waals surface area contributed by atoms with Gasteiger partial charge in [-0.15, -0.1) is 11.8 Å². The van der Waals surface area contributed by atoms with Gasteiger partial charge in [0.25, 0.3) is 0 Å². The first-order valence-corrected chi connectivity index (χ1v) is 6.31. The molecule has 16 heavy (non-hydrogen) atoms.